The van der Waals surface area contributed by atoms with Gasteiger partial charge in [0.1, 0.15) is 0 Å². The second-order valence-corrected chi connectivity index (χ2v) is 4.92. The lowest BCUT2D eigenvalue weighted by atomic mass is 9.95. The Morgan fingerprint density at radius 2 is 1.94 bits per heavy atom. The monoisotopic (exact) mass is 267 g/mol. The molecule has 1 aromatic carbocycles. The molecule has 1 aliphatic rings. The van der Waals surface area contributed by atoms with E-state index < -0.39 is 11.9 Å². The fraction of sp³-hybridized carbons (Fsp3) is 0.385. The Morgan fingerprint density at radius 3 is 2.44 bits per heavy atom. The number of nitrogens with one attached hydrogen (secondary N) is 1. The van der Waals surface area contributed by atoms with Crippen LogP contribution in [-0.4, -0.2) is 23.0 Å². The first-order valence-corrected chi connectivity index (χ1v) is 6.21. The van der Waals surface area contributed by atoms with Gasteiger partial charge in [0, 0.05) is 17.5 Å². The van der Waals surface area contributed by atoms with E-state index in [9.17, 15) is 14.7 Å². The standard InChI is InChI=1S/C13H14ClNO3/c14-9-3-1-8(2-4-9)11(13(17)18)7-12(16)15-10-5-6-10/h1-4,10-11H,5-7H2,(H,15,16)(H,17,18). The van der Waals surface area contributed by atoms with Crippen molar-refractivity contribution >= 4 is 23.5 Å². The van der Waals surface area contributed by atoms with Crippen molar-refractivity contribution in [3.05, 3.63) is 34.9 Å². The Bertz CT molecular complexity index is 454. The molecule has 4 nitrogen and oxygen atoms in total. The summed E-state index contributed by atoms with van der Waals surface area (Å²) in [6.45, 7) is 0. The molecule has 2 rings (SSSR count). The average Bonchev–Trinajstić information content (AvgIpc) is 3.11. The molecule has 96 valence electrons. The van der Waals surface area contributed by atoms with Crippen molar-refractivity contribution < 1.29 is 14.7 Å². The Hall–Kier alpha value is -1.55. The second-order valence-electron chi connectivity index (χ2n) is 4.49. The maximum atomic E-state index is 11.6. The van der Waals surface area contributed by atoms with E-state index in [0.29, 0.717) is 10.6 Å². The first-order chi connectivity index (χ1) is 8.56. The quantitative estimate of drug-likeness (QED) is 0.859. The first-order valence-electron chi connectivity index (χ1n) is 5.84. The lowest BCUT2D eigenvalue weighted by molar-refractivity contribution is -0.140. The zero-order valence-electron chi connectivity index (χ0n) is 9.73. The van der Waals surface area contributed by atoms with Gasteiger partial charge in [-0.1, -0.05) is 23.7 Å². The van der Waals surface area contributed by atoms with Crippen LogP contribution in [0.2, 0.25) is 5.02 Å². The molecule has 1 aromatic rings. The third-order valence-electron chi connectivity index (χ3n) is 2.90. The van der Waals surface area contributed by atoms with Gasteiger partial charge in [-0.2, -0.15) is 0 Å². The third-order valence-corrected chi connectivity index (χ3v) is 3.15. The maximum Gasteiger partial charge on any atom is 0.311 e. The van der Waals surface area contributed by atoms with E-state index in [1.165, 1.54) is 0 Å². The van der Waals surface area contributed by atoms with Gasteiger partial charge >= 0.3 is 5.97 Å². The van der Waals surface area contributed by atoms with E-state index in [-0.39, 0.29) is 18.4 Å². The lowest BCUT2D eigenvalue weighted by Crippen LogP contribution is -2.28. The highest BCUT2D eigenvalue weighted by Crippen LogP contribution is 2.24. The molecular formula is C13H14ClNO3. The minimum atomic E-state index is -0.997. The molecule has 2 N–H and O–H groups in total. The number of hydrogen-bond donors (Lipinski definition) is 2. The molecule has 0 radical (unpaired) electrons. The van der Waals surface area contributed by atoms with Crippen molar-refractivity contribution in [3.8, 4) is 0 Å². The summed E-state index contributed by atoms with van der Waals surface area (Å²) in [7, 11) is 0. The predicted octanol–water partition coefficient (Wildman–Crippen LogP) is 2.18. The Morgan fingerprint density at radius 1 is 1.33 bits per heavy atom. The van der Waals surface area contributed by atoms with Crippen LogP contribution in [-0.2, 0) is 9.59 Å². The highest BCUT2D eigenvalue weighted by molar-refractivity contribution is 6.30. The van der Waals surface area contributed by atoms with E-state index in [0.717, 1.165) is 12.8 Å². The van der Waals surface area contributed by atoms with Gasteiger partial charge in [-0.15, -0.1) is 0 Å². The fourth-order valence-corrected chi connectivity index (χ4v) is 1.87. The molecule has 18 heavy (non-hydrogen) atoms. The summed E-state index contributed by atoms with van der Waals surface area (Å²) >= 11 is 5.75. The minimum absolute atomic E-state index is 0.0343. The van der Waals surface area contributed by atoms with Crippen molar-refractivity contribution in [2.24, 2.45) is 0 Å². The molecule has 1 fully saturated rings. The number of rotatable bonds is 5. The van der Waals surface area contributed by atoms with E-state index in [4.69, 9.17) is 11.6 Å². The Labute approximate surface area is 110 Å². The van der Waals surface area contributed by atoms with Gasteiger partial charge in [-0.05, 0) is 30.5 Å². The number of hydrogen-bond acceptors (Lipinski definition) is 2. The van der Waals surface area contributed by atoms with Crippen LogP contribution in [0.5, 0.6) is 0 Å². The molecule has 1 unspecified atom stereocenters. The lowest BCUT2D eigenvalue weighted by Gasteiger charge is -2.12. The van der Waals surface area contributed by atoms with Crippen LogP contribution >= 0.6 is 11.6 Å². The van der Waals surface area contributed by atoms with Gasteiger partial charge in [-0.25, -0.2) is 0 Å². The highest BCUT2D eigenvalue weighted by atomic mass is 35.5. The van der Waals surface area contributed by atoms with Crippen LogP contribution in [0.25, 0.3) is 0 Å². The summed E-state index contributed by atoms with van der Waals surface area (Å²) < 4.78 is 0. The molecular weight excluding hydrogens is 254 g/mol. The van der Waals surface area contributed by atoms with E-state index in [1.807, 2.05) is 0 Å². The van der Waals surface area contributed by atoms with Crippen molar-refractivity contribution in [3.63, 3.8) is 0 Å². The zero-order chi connectivity index (χ0) is 13.1. The summed E-state index contributed by atoms with van der Waals surface area (Å²) in [6, 6.07) is 6.80. The van der Waals surface area contributed by atoms with Crippen LogP contribution in [0.4, 0.5) is 0 Å². The van der Waals surface area contributed by atoms with Crippen molar-refractivity contribution in [2.75, 3.05) is 0 Å². The maximum absolute atomic E-state index is 11.6. The van der Waals surface area contributed by atoms with Crippen LogP contribution in [0.15, 0.2) is 24.3 Å². The topological polar surface area (TPSA) is 66.4 Å². The van der Waals surface area contributed by atoms with Gasteiger partial charge in [-0.3, -0.25) is 9.59 Å². The second kappa shape index (κ2) is 5.40. The molecule has 1 saturated carbocycles. The van der Waals surface area contributed by atoms with Gasteiger partial charge in [0.15, 0.2) is 0 Å². The van der Waals surface area contributed by atoms with Crippen molar-refractivity contribution in [2.45, 2.75) is 31.2 Å². The molecule has 0 saturated heterocycles. The van der Waals surface area contributed by atoms with Gasteiger partial charge in [0.25, 0.3) is 0 Å². The highest BCUT2D eigenvalue weighted by Gasteiger charge is 2.27. The van der Waals surface area contributed by atoms with Crippen LogP contribution in [0.3, 0.4) is 0 Å². The summed E-state index contributed by atoms with van der Waals surface area (Å²) in [5, 5.41) is 12.5. The summed E-state index contributed by atoms with van der Waals surface area (Å²) in [5.74, 6) is -2.02. The number of halogens is 1. The predicted molar refractivity (Wildman–Crippen MR) is 67.6 cm³/mol. The van der Waals surface area contributed by atoms with E-state index in [2.05, 4.69) is 5.32 Å². The number of carboxylic acids is 1. The molecule has 0 spiro atoms. The molecule has 1 atom stereocenters. The molecule has 1 amide bonds. The molecule has 1 aliphatic carbocycles. The number of carbonyl (C=O) groups excluding carboxylic acids is 1. The van der Waals surface area contributed by atoms with Crippen molar-refractivity contribution in [1.29, 1.82) is 0 Å². The number of benzene rings is 1. The molecule has 0 bridgehead atoms. The summed E-state index contributed by atoms with van der Waals surface area (Å²) in [6.07, 6.45) is 1.95. The Balaban J connectivity index is 2.04. The zero-order valence-corrected chi connectivity index (χ0v) is 10.5. The van der Waals surface area contributed by atoms with Crippen LogP contribution in [0.1, 0.15) is 30.7 Å². The number of carboxylic acid groups (broad SMARTS) is 1. The van der Waals surface area contributed by atoms with Gasteiger partial charge in [0.05, 0.1) is 5.92 Å². The fourth-order valence-electron chi connectivity index (χ4n) is 1.74. The normalized spacial score (nSPS) is 16.1. The van der Waals surface area contributed by atoms with Crippen molar-refractivity contribution in [1.82, 2.24) is 5.32 Å². The Kier molecular flexibility index (Phi) is 3.87. The first kappa shape index (κ1) is 12.9. The molecule has 5 heteroatoms. The SMILES string of the molecule is O=C(CC(C(=O)O)c1ccc(Cl)cc1)NC1CC1. The van der Waals surface area contributed by atoms with E-state index in [1.54, 1.807) is 24.3 Å². The van der Waals surface area contributed by atoms with Crippen LogP contribution in [0, 0.1) is 0 Å². The summed E-state index contributed by atoms with van der Waals surface area (Å²) in [5.41, 5.74) is 0.595. The average molecular weight is 268 g/mol. The van der Waals surface area contributed by atoms with E-state index >= 15 is 0 Å². The van der Waals surface area contributed by atoms with Gasteiger partial charge < -0.3 is 10.4 Å². The smallest absolute Gasteiger partial charge is 0.311 e. The summed E-state index contributed by atoms with van der Waals surface area (Å²) in [4.78, 5) is 22.9. The molecule has 0 aromatic heterocycles. The number of amides is 1. The molecule has 0 heterocycles. The number of carbonyl (C=O) groups is 2. The molecule has 0 aliphatic heterocycles. The minimum Gasteiger partial charge on any atom is -0.481 e. The number of aliphatic carboxylic acids is 1. The van der Waals surface area contributed by atoms with Gasteiger partial charge in [0.2, 0.25) is 5.91 Å². The van der Waals surface area contributed by atoms with Crippen LogP contribution < -0.4 is 5.32 Å². The third kappa shape index (κ3) is 3.47. The largest absolute Gasteiger partial charge is 0.481 e.